The van der Waals surface area contributed by atoms with Crippen molar-refractivity contribution in [3.8, 4) is 5.75 Å². The lowest BCUT2D eigenvalue weighted by Crippen LogP contribution is -2.55. The Kier molecular flexibility index (Phi) is 5.41. The second-order valence-electron chi connectivity index (χ2n) is 5.44. The number of alkyl halides is 6. The topological polar surface area (TPSA) is 44.5 Å². The third-order valence-electron chi connectivity index (χ3n) is 3.73. The Labute approximate surface area is 145 Å². The minimum Gasteiger partial charge on any atom is -0.497 e. The molecule has 0 saturated carbocycles. The van der Waals surface area contributed by atoms with Gasteiger partial charge < -0.3 is 15.2 Å². The molecule has 0 spiro atoms. The first-order valence-corrected chi connectivity index (χ1v) is 7.27. The molecule has 0 fully saturated rings. The predicted octanol–water partition coefficient (Wildman–Crippen LogP) is 4.81. The number of halogens is 6. The van der Waals surface area contributed by atoms with Crippen LogP contribution in [0.3, 0.4) is 0 Å². The molecule has 0 bridgehead atoms. The molecule has 0 amide bonds. The van der Waals surface area contributed by atoms with Gasteiger partial charge >= 0.3 is 12.4 Å². The van der Waals surface area contributed by atoms with Gasteiger partial charge in [-0.15, -0.1) is 0 Å². The van der Waals surface area contributed by atoms with Crippen LogP contribution in [-0.2, 0) is 16.9 Å². The van der Waals surface area contributed by atoms with Gasteiger partial charge in [-0.2, -0.15) is 26.3 Å². The van der Waals surface area contributed by atoms with Crippen molar-refractivity contribution in [2.75, 3.05) is 12.8 Å². The van der Waals surface area contributed by atoms with Gasteiger partial charge in [0.15, 0.2) is 0 Å². The van der Waals surface area contributed by atoms with E-state index in [1.807, 2.05) is 0 Å². The molecular weight excluding hydrogens is 364 g/mol. The van der Waals surface area contributed by atoms with E-state index in [2.05, 4.69) is 4.74 Å². The smallest absolute Gasteiger partial charge is 0.430 e. The van der Waals surface area contributed by atoms with Crippen molar-refractivity contribution < 1.29 is 35.8 Å². The quantitative estimate of drug-likeness (QED) is 0.599. The monoisotopic (exact) mass is 379 g/mol. The second-order valence-corrected chi connectivity index (χ2v) is 5.44. The number of methoxy groups -OCH3 is 1. The van der Waals surface area contributed by atoms with E-state index in [-0.39, 0.29) is 11.3 Å². The number of nitrogen functional groups attached to an aromatic ring is 1. The average molecular weight is 379 g/mol. The van der Waals surface area contributed by atoms with E-state index in [9.17, 15) is 26.3 Å². The van der Waals surface area contributed by atoms with Crippen molar-refractivity contribution in [1.29, 1.82) is 0 Å². The minimum atomic E-state index is -5.74. The third kappa shape index (κ3) is 3.72. The van der Waals surface area contributed by atoms with Crippen LogP contribution in [0.25, 0.3) is 0 Å². The van der Waals surface area contributed by atoms with Crippen molar-refractivity contribution in [2.24, 2.45) is 0 Å². The molecule has 0 saturated heterocycles. The zero-order chi connectivity index (χ0) is 19.6. The van der Waals surface area contributed by atoms with Gasteiger partial charge in [-0.05, 0) is 29.8 Å². The lowest BCUT2D eigenvalue weighted by molar-refractivity contribution is -0.392. The highest BCUT2D eigenvalue weighted by Gasteiger charge is 2.73. The molecule has 2 aromatic carbocycles. The number of hydrogen-bond donors (Lipinski definition) is 1. The molecule has 0 aliphatic heterocycles. The van der Waals surface area contributed by atoms with E-state index in [0.717, 1.165) is 12.1 Å². The van der Waals surface area contributed by atoms with Crippen LogP contribution in [0, 0.1) is 0 Å². The molecule has 0 radical (unpaired) electrons. The lowest BCUT2D eigenvalue weighted by Gasteiger charge is -2.37. The van der Waals surface area contributed by atoms with E-state index in [4.69, 9.17) is 10.5 Å². The van der Waals surface area contributed by atoms with E-state index >= 15 is 0 Å². The molecule has 0 aliphatic rings. The molecule has 2 rings (SSSR count). The zero-order valence-electron chi connectivity index (χ0n) is 13.5. The molecule has 2 aromatic rings. The summed E-state index contributed by atoms with van der Waals surface area (Å²) in [5, 5.41) is 0. The number of nitrogens with two attached hydrogens (primary N) is 1. The van der Waals surface area contributed by atoms with Crippen LogP contribution in [0.4, 0.5) is 32.0 Å². The van der Waals surface area contributed by atoms with Crippen molar-refractivity contribution in [2.45, 2.75) is 24.6 Å². The number of benzene rings is 2. The highest BCUT2D eigenvalue weighted by Crippen LogP contribution is 2.53. The van der Waals surface area contributed by atoms with E-state index in [1.54, 1.807) is 0 Å². The summed E-state index contributed by atoms with van der Waals surface area (Å²) in [6.07, 6.45) is -11.5. The van der Waals surface area contributed by atoms with Crippen molar-refractivity contribution in [1.82, 2.24) is 0 Å². The Morgan fingerprint density at radius 2 is 1.31 bits per heavy atom. The maximum absolute atomic E-state index is 13.6. The maximum Gasteiger partial charge on any atom is 0.430 e. The fraction of sp³-hybridized carbons (Fsp3) is 0.294. The fourth-order valence-electron chi connectivity index (χ4n) is 2.37. The molecule has 26 heavy (non-hydrogen) atoms. The van der Waals surface area contributed by atoms with Gasteiger partial charge in [0.05, 0.1) is 13.7 Å². The minimum absolute atomic E-state index is 0.0298. The normalized spacial score (nSPS) is 12.9. The van der Waals surface area contributed by atoms with Crippen LogP contribution in [0.1, 0.15) is 11.1 Å². The number of anilines is 1. The average Bonchev–Trinajstić information content (AvgIpc) is 2.55. The van der Waals surface area contributed by atoms with Crippen LogP contribution in [-0.4, -0.2) is 19.5 Å². The maximum atomic E-state index is 13.6. The fourth-order valence-corrected chi connectivity index (χ4v) is 2.37. The highest BCUT2D eigenvalue weighted by atomic mass is 19.4. The van der Waals surface area contributed by atoms with Gasteiger partial charge in [-0.3, -0.25) is 0 Å². The van der Waals surface area contributed by atoms with Crippen LogP contribution in [0.15, 0.2) is 48.5 Å². The SMILES string of the molecule is COc1ccc(COC(c2ccc(N)cc2)(C(F)(F)F)C(F)(F)F)cc1. The second kappa shape index (κ2) is 7.06. The summed E-state index contributed by atoms with van der Waals surface area (Å²) in [7, 11) is 1.38. The van der Waals surface area contributed by atoms with Gasteiger partial charge in [0.25, 0.3) is 5.60 Å². The molecule has 0 atom stereocenters. The summed E-state index contributed by atoms with van der Waals surface area (Å²) in [5.74, 6) is 0.408. The molecule has 0 unspecified atom stereocenters. The molecule has 9 heteroatoms. The summed E-state index contributed by atoms with van der Waals surface area (Å²) < 4.78 is 90.9. The van der Waals surface area contributed by atoms with Gasteiger partial charge in [-0.25, -0.2) is 0 Å². The third-order valence-corrected chi connectivity index (χ3v) is 3.73. The van der Waals surface area contributed by atoms with Crippen molar-refractivity contribution in [3.63, 3.8) is 0 Å². The van der Waals surface area contributed by atoms with Crippen molar-refractivity contribution in [3.05, 3.63) is 59.7 Å². The van der Waals surface area contributed by atoms with Crippen LogP contribution < -0.4 is 10.5 Å². The van der Waals surface area contributed by atoms with E-state index in [1.165, 1.54) is 31.4 Å². The molecule has 2 N–H and O–H groups in total. The summed E-state index contributed by atoms with van der Waals surface area (Å²) in [6, 6.07) is 8.68. The van der Waals surface area contributed by atoms with Gasteiger partial charge in [0, 0.05) is 11.3 Å². The van der Waals surface area contributed by atoms with E-state index in [0.29, 0.717) is 17.9 Å². The number of hydrogen-bond acceptors (Lipinski definition) is 3. The van der Waals surface area contributed by atoms with Crippen LogP contribution in [0.2, 0.25) is 0 Å². The first-order valence-electron chi connectivity index (χ1n) is 7.27. The molecule has 0 aromatic heterocycles. The van der Waals surface area contributed by atoms with Gasteiger partial charge in [0.2, 0.25) is 0 Å². The Morgan fingerprint density at radius 3 is 1.73 bits per heavy atom. The molecule has 0 heterocycles. The Bertz CT molecular complexity index is 709. The lowest BCUT2D eigenvalue weighted by atomic mass is 9.91. The molecule has 3 nitrogen and oxygen atoms in total. The largest absolute Gasteiger partial charge is 0.497 e. The summed E-state index contributed by atoms with van der Waals surface area (Å²) in [5.41, 5.74) is -0.0564. The van der Waals surface area contributed by atoms with Gasteiger partial charge in [-0.1, -0.05) is 24.3 Å². The molecular formula is C17H15F6NO2. The Hall–Kier alpha value is -2.42. The van der Waals surface area contributed by atoms with Gasteiger partial charge in [0.1, 0.15) is 5.75 Å². The first-order chi connectivity index (χ1) is 12.0. The molecule has 0 aliphatic carbocycles. The Balaban J connectivity index is 2.46. The summed E-state index contributed by atoms with van der Waals surface area (Å²) in [6.45, 7) is -0.909. The first kappa shape index (κ1) is 19.9. The number of rotatable bonds is 5. The Morgan fingerprint density at radius 1 is 0.808 bits per heavy atom. The highest BCUT2D eigenvalue weighted by molar-refractivity contribution is 5.42. The van der Waals surface area contributed by atoms with Crippen LogP contribution >= 0.6 is 0 Å². The van der Waals surface area contributed by atoms with E-state index < -0.39 is 30.1 Å². The summed E-state index contributed by atoms with van der Waals surface area (Å²) in [4.78, 5) is 0. The predicted molar refractivity (Wildman–Crippen MR) is 82.4 cm³/mol. The number of ether oxygens (including phenoxy) is 2. The standard InChI is InChI=1S/C17H15F6NO2/c1-25-14-8-2-11(3-9-14)10-26-15(16(18,19)20,17(21,22)23)12-4-6-13(24)7-5-12/h2-9H,10,24H2,1H3. The zero-order valence-corrected chi connectivity index (χ0v) is 13.5. The van der Waals surface area contributed by atoms with Crippen LogP contribution in [0.5, 0.6) is 5.75 Å². The van der Waals surface area contributed by atoms with Crippen molar-refractivity contribution >= 4 is 5.69 Å². The molecule has 142 valence electrons. The summed E-state index contributed by atoms with van der Waals surface area (Å²) >= 11 is 0.